The van der Waals surface area contributed by atoms with Crippen LogP contribution in [0.4, 0.5) is 10.5 Å². The number of urea groups is 1. The van der Waals surface area contributed by atoms with E-state index >= 15 is 0 Å². The van der Waals surface area contributed by atoms with Gasteiger partial charge in [0.25, 0.3) is 0 Å². The smallest absolute Gasteiger partial charge is 0.319 e. The third kappa shape index (κ3) is 4.63. The highest BCUT2D eigenvalue weighted by Gasteiger charge is 2.30. The first-order valence-corrected chi connectivity index (χ1v) is 7.12. The number of nitrogens with one attached hydrogen (secondary N) is 2. The van der Waals surface area contributed by atoms with Gasteiger partial charge in [-0.25, -0.2) is 4.79 Å². The number of hydrogen-bond donors (Lipinski definition) is 2. The standard InChI is InChI=1S/C16H21N3O2/c1-3-10-17-16(21)18-14-6-4-13(5-7-14)11-19(12(2)20)15-8-9-15/h3-7,15H,1,8-11H2,2H3,(H2,17,18,21). The van der Waals surface area contributed by atoms with Crippen molar-refractivity contribution >= 4 is 17.6 Å². The second kappa shape index (κ2) is 6.92. The maximum Gasteiger partial charge on any atom is 0.319 e. The van der Waals surface area contributed by atoms with E-state index in [0.717, 1.165) is 24.1 Å². The van der Waals surface area contributed by atoms with Gasteiger partial charge in [0.1, 0.15) is 0 Å². The molecule has 1 aromatic carbocycles. The van der Waals surface area contributed by atoms with Crippen molar-refractivity contribution in [3.63, 3.8) is 0 Å². The quantitative estimate of drug-likeness (QED) is 0.790. The Labute approximate surface area is 125 Å². The molecule has 0 spiro atoms. The zero-order valence-electron chi connectivity index (χ0n) is 12.3. The van der Waals surface area contributed by atoms with Crippen molar-refractivity contribution in [2.45, 2.75) is 32.4 Å². The average molecular weight is 287 g/mol. The Balaban J connectivity index is 1.90. The number of anilines is 1. The normalized spacial score (nSPS) is 13.4. The van der Waals surface area contributed by atoms with Crippen LogP contribution in [0.3, 0.4) is 0 Å². The lowest BCUT2D eigenvalue weighted by molar-refractivity contribution is -0.130. The predicted molar refractivity (Wildman–Crippen MR) is 82.9 cm³/mol. The van der Waals surface area contributed by atoms with Gasteiger partial charge in [0.05, 0.1) is 0 Å². The highest BCUT2D eigenvalue weighted by molar-refractivity contribution is 5.89. The summed E-state index contributed by atoms with van der Waals surface area (Å²) < 4.78 is 0. The van der Waals surface area contributed by atoms with Gasteiger partial charge in [-0.05, 0) is 30.5 Å². The largest absolute Gasteiger partial charge is 0.336 e. The zero-order valence-corrected chi connectivity index (χ0v) is 12.3. The molecule has 0 aromatic heterocycles. The van der Waals surface area contributed by atoms with Crippen LogP contribution in [0.1, 0.15) is 25.3 Å². The van der Waals surface area contributed by atoms with E-state index in [2.05, 4.69) is 17.2 Å². The highest BCUT2D eigenvalue weighted by atomic mass is 16.2. The van der Waals surface area contributed by atoms with E-state index in [9.17, 15) is 9.59 Å². The molecular formula is C16H21N3O2. The molecule has 0 saturated heterocycles. The number of benzene rings is 1. The first kappa shape index (κ1) is 15.1. The van der Waals surface area contributed by atoms with Crippen LogP contribution in [0, 0.1) is 0 Å². The van der Waals surface area contributed by atoms with Crippen LogP contribution < -0.4 is 10.6 Å². The van der Waals surface area contributed by atoms with Crippen molar-refractivity contribution in [2.75, 3.05) is 11.9 Å². The van der Waals surface area contributed by atoms with Crippen LogP contribution >= 0.6 is 0 Å². The summed E-state index contributed by atoms with van der Waals surface area (Å²) >= 11 is 0. The van der Waals surface area contributed by atoms with Gasteiger partial charge >= 0.3 is 6.03 Å². The Kier molecular flexibility index (Phi) is 4.98. The van der Waals surface area contributed by atoms with E-state index in [1.54, 1.807) is 13.0 Å². The van der Waals surface area contributed by atoms with Crippen LogP contribution in [0.15, 0.2) is 36.9 Å². The first-order valence-electron chi connectivity index (χ1n) is 7.12. The third-order valence-corrected chi connectivity index (χ3v) is 3.36. The van der Waals surface area contributed by atoms with Gasteiger partial charge < -0.3 is 15.5 Å². The van der Waals surface area contributed by atoms with Crippen molar-refractivity contribution in [2.24, 2.45) is 0 Å². The maximum atomic E-state index is 11.6. The first-order chi connectivity index (χ1) is 10.1. The van der Waals surface area contributed by atoms with Gasteiger partial charge in [-0.1, -0.05) is 18.2 Å². The molecular weight excluding hydrogens is 266 g/mol. The Morgan fingerprint density at radius 2 is 2.00 bits per heavy atom. The van der Waals surface area contributed by atoms with Gasteiger partial charge in [0.2, 0.25) is 5.91 Å². The molecule has 1 aliphatic rings. The Bertz CT molecular complexity index is 521. The molecule has 0 heterocycles. The fourth-order valence-corrected chi connectivity index (χ4v) is 2.11. The van der Waals surface area contributed by atoms with E-state index in [4.69, 9.17) is 0 Å². The van der Waals surface area contributed by atoms with Crippen molar-refractivity contribution in [1.29, 1.82) is 0 Å². The fourth-order valence-electron chi connectivity index (χ4n) is 2.11. The minimum Gasteiger partial charge on any atom is -0.336 e. The minimum absolute atomic E-state index is 0.114. The number of nitrogens with zero attached hydrogens (tertiary/aromatic N) is 1. The van der Waals surface area contributed by atoms with E-state index < -0.39 is 0 Å². The second-order valence-electron chi connectivity index (χ2n) is 5.20. The highest BCUT2D eigenvalue weighted by Crippen LogP contribution is 2.28. The lowest BCUT2D eigenvalue weighted by atomic mass is 10.2. The molecule has 0 radical (unpaired) electrons. The molecule has 0 bridgehead atoms. The lowest BCUT2D eigenvalue weighted by Crippen LogP contribution is -2.30. The van der Waals surface area contributed by atoms with Crippen LogP contribution in [0.2, 0.25) is 0 Å². The summed E-state index contributed by atoms with van der Waals surface area (Å²) in [4.78, 5) is 25.0. The number of carbonyl (C=O) groups excluding carboxylic acids is 2. The Morgan fingerprint density at radius 1 is 1.33 bits per heavy atom. The zero-order chi connectivity index (χ0) is 15.2. The summed E-state index contributed by atoms with van der Waals surface area (Å²) in [5.74, 6) is 0.114. The average Bonchev–Trinajstić information content (AvgIpc) is 3.28. The number of rotatable bonds is 6. The summed E-state index contributed by atoms with van der Waals surface area (Å²) in [6, 6.07) is 7.70. The molecule has 1 aliphatic carbocycles. The lowest BCUT2D eigenvalue weighted by Gasteiger charge is -2.20. The molecule has 1 fully saturated rings. The maximum absolute atomic E-state index is 11.6. The monoisotopic (exact) mass is 287 g/mol. The van der Waals surface area contributed by atoms with Gasteiger partial charge in [-0.3, -0.25) is 4.79 Å². The molecule has 0 unspecified atom stereocenters. The topological polar surface area (TPSA) is 61.4 Å². The summed E-state index contributed by atoms with van der Waals surface area (Å²) in [6.45, 7) is 6.20. The minimum atomic E-state index is -0.258. The molecule has 21 heavy (non-hydrogen) atoms. The Morgan fingerprint density at radius 3 is 2.52 bits per heavy atom. The van der Waals surface area contributed by atoms with Gasteiger partial charge in [-0.15, -0.1) is 6.58 Å². The SMILES string of the molecule is C=CCNC(=O)Nc1ccc(CN(C(C)=O)C2CC2)cc1. The molecule has 2 N–H and O–H groups in total. The van der Waals surface area contributed by atoms with Crippen LogP contribution in [0.5, 0.6) is 0 Å². The van der Waals surface area contributed by atoms with Gasteiger partial charge in [0.15, 0.2) is 0 Å². The predicted octanol–water partition coefficient (Wildman–Crippen LogP) is 2.51. The molecule has 1 saturated carbocycles. The number of hydrogen-bond acceptors (Lipinski definition) is 2. The summed E-state index contributed by atoms with van der Waals surface area (Å²) in [7, 11) is 0. The molecule has 0 aliphatic heterocycles. The van der Waals surface area contributed by atoms with E-state index in [1.165, 1.54) is 0 Å². The third-order valence-electron chi connectivity index (χ3n) is 3.36. The van der Waals surface area contributed by atoms with E-state index in [0.29, 0.717) is 19.1 Å². The van der Waals surface area contributed by atoms with Crippen LogP contribution in [-0.2, 0) is 11.3 Å². The molecule has 3 amide bonds. The molecule has 1 aromatic rings. The van der Waals surface area contributed by atoms with E-state index in [1.807, 2.05) is 29.2 Å². The molecule has 5 nitrogen and oxygen atoms in total. The Hall–Kier alpha value is -2.30. The van der Waals surface area contributed by atoms with Crippen molar-refractivity contribution in [1.82, 2.24) is 10.2 Å². The van der Waals surface area contributed by atoms with Crippen LogP contribution in [0.25, 0.3) is 0 Å². The molecule has 5 heteroatoms. The number of carbonyl (C=O) groups is 2. The summed E-state index contributed by atoms with van der Waals surface area (Å²) in [5.41, 5.74) is 1.79. The summed E-state index contributed by atoms with van der Waals surface area (Å²) in [5, 5.41) is 5.38. The molecule has 112 valence electrons. The second-order valence-corrected chi connectivity index (χ2v) is 5.20. The van der Waals surface area contributed by atoms with Gasteiger partial charge in [0, 0.05) is 31.7 Å². The van der Waals surface area contributed by atoms with Crippen molar-refractivity contribution < 1.29 is 9.59 Å². The van der Waals surface area contributed by atoms with E-state index in [-0.39, 0.29) is 11.9 Å². The number of amides is 3. The van der Waals surface area contributed by atoms with Crippen LogP contribution in [-0.4, -0.2) is 29.4 Å². The molecule has 0 atom stereocenters. The fraction of sp³-hybridized carbons (Fsp3) is 0.375. The molecule has 2 rings (SSSR count). The van der Waals surface area contributed by atoms with Crippen molar-refractivity contribution in [3.8, 4) is 0 Å². The van der Waals surface area contributed by atoms with Gasteiger partial charge in [-0.2, -0.15) is 0 Å². The summed E-state index contributed by atoms with van der Waals surface area (Å²) in [6.07, 6.45) is 3.82. The van der Waals surface area contributed by atoms with Crippen molar-refractivity contribution in [3.05, 3.63) is 42.5 Å².